The first kappa shape index (κ1) is 14.9. The van der Waals surface area contributed by atoms with Crippen molar-refractivity contribution in [2.45, 2.75) is 58.0 Å². The van der Waals surface area contributed by atoms with Crippen LogP contribution in [0.5, 0.6) is 5.75 Å². The molecule has 0 aromatic heterocycles. The van der Waals surface area contributed by atoms with Crippen LogP contribution in [0.2, 0.25) is 0 Å². The number of benzene rings is 1. The highest BCUT2D eigenvalue weighted by Gasteiger charge is 2.31. The van der Waals surface area contributed by atoms with Crippen LogP contribution >= 0.6 is 0 Å². The van der Waals surface area contributed by atoms with Crippen LogP contribution in [0.4, 0.5) is 0 Å². The van der Waals surface area contributed by atoms with Gasteiger partial charge in [-0.1, -0.05) is 12.1 Å². The van der Waals surface area contributed by atoms with Gasteiger partial charge in [0.25, 0.3) is 0 Å². The van der Waals surface area contributed by atoms with E-state index < -0.39 is 5.54 Å². The summed E-state index contributed by atoms with van der Waals surface area (Å²) < 4.78 is 5.84. The molecule has 1 aliphatic carbocycles. The molecular formula is C17H24N2O. The zero-order valence-corrected chi connectivity index (χ0v) is 12.7. The van der Waals surface area contributed by atoms with Crippen molar-refractivity contribution in [3.05, 3.63) is 29.3 Å². The van der Waals surface area contributed by atoms with Crippen LogP contribution < -0.4 is 10.1 Å². The van der Waals surface area contributed by atoms with Crippen LogP contribution in [0.1, 0.15) is 43.7 Å². The summed E-state index contributed by atoms with van der Waals surface area (Å²) >= 11 is 0. The summed E-state index contributed by atoms with van der Waals surface area (Å²) in [6, 6.07) is 9.20. The van der Waals surface area contributed by atoms with Crippen molar-refractivity contribution in [2.75, 3.05) is 6.61 Å². The van der Waals surface area contributed by atoms with Crippen molar-refractivity contribution in [1.29, 1.82) is 5.26 Å². The van der Waals surface area contributed by atoms with Crippen molar-refractivity contribution in [3.63, 3.8) is 0 Å². The first-order chi connectivity index (χ1) is 9.52. The highest BCUT2D eigenvalue weighted by atomic mass is 16.5. The third-order valence-electron chi connectivity index (χ3n) is 3.77. The number of hydrogen-bond donors (Lipinski definition) is 1. The lowest BCUT2D eigenvalue weighted by atomic mass is 9.98. The monoisotopic (exact) mass is 272 g/mol. The van der Waals surface area contributed by atoms with E-state index >= 15 is 0 Å². The summed E-state index contributed by atoms with van der Waals surface area (Å²) in [6.07, 6.45) is 4.12. The molecule has 1 fully saturated rings. The molecule has 0 spiro atoms. The van der Waals surface area contributed by atoms with Crippen LogP contribution in [-0.4, -0.2) is 18.2 Å². The van der Waals surface area contributed by atoms with Gasteiger partial charge in [0.2, 0.25) is 0 Å². The topological polar surface area (TPSA) is 45.0 Å². The quantitative estimate of drug-likeness (QED) is 0.773. The minimum Gasteiger partial charge on any atom is -0.493 e. The molecule has 1 aliphatic rings. The van der Waals surface area contributed by atoms with Gasteiger partial charge in [0.05, 0.1) is 12.7 Å². The average molecular weight is 272 g/mol. The van der Waals surface area contributed by atoms with Crippen molar-refractivity contribution < 1.29 is 4.74 Å². The lowest BCUT2D eigenvalue weighted by Gasteiger charge is -2.23. The second-order valence-corrected chi connectivity index (χ2v) is 6.08. The molecule has 0 heterocycles. The molecule has 3 heteroatoms. The number of rotatable bonds is 7. The molecule has 108 valence electrons. The molecule has 1 aromatic rings. The van der Waals surface area contributed by atoms with Gasteiger partial charge in [-0.15, -0.1) is 0 Å². The number of nitrogens with zero attached hydrogens (tertiary/aromatic N) is 1. The fourth-order valence-corrected chi connectivity index (χ4v) is 2.31. The van der Waals surface area contributed by atoms with Gasteiger partial charge in [0.15, 0.2) is 0 Å². The minimum atomic E-state index is -0.411. The summed E-state index contributed by atoms with van der Waals surface area (Å²) in [6.45, 7) is 6.78. The summed E-state index contributed by atoms with van der Waals surface area (Å²) in [5.41, 5.74) is 1.96. The van der Waals surface area contributed by atoms with E-state index in [1.54, 1.807) is 0 Å². The molecular weight excluding hydrogens is 248 g/mol. The molecule has 2 rings (SSSR count). The van der Waals surface area contributed by atoms with E-state index in [1.165, 1.54) is 18.4 Å². The van der Waals surface area contributed by atoms with E-state index in [1.807, 2.05) is 6.92 Å². The summed E-state index contributed by atoms with van der Waals surface area (Å²) in [4.78, 5) is 0. The average Bonchev–Trinajstić information content (AvgIpc) is 3.22. The van der Waals surface area contributed by atoms with Gasteiger partial charge in [-0.3, -0.25) is 5.32 Å². The standard InChI is InChI=1S/C17H24N2O/c1-13-5-6-14(2)16(11-13)20-10-4-9-17(3,12-18)19-15-7-8-15/h5-6,11,15,19H,4,7-10H2,1-3H3. The highest BCUT2D eigenvalue weighted by molar-refractivity contribution is 5.35. The maximum Gasteiger partial charge on any atom is 0.122 e. The van der Waals surface area contributed by atoms with Gasteiger partial charge < -0.3 is 4.74 Å². The van der Waals surface area contributed by atoms with Crippen molar-refractivity contribution in [2.24, 2.45) is 0 Å². The van der Waals surface area contributed by atoms with Gasteiger partial charge in [-0.05, 0) is 63.6 Å². The van der Waals surface area contributed by atoms with Crippen LogP contribution in [0.15, 0.2) is 18.2 Å². The molecule has 0 radical (unpaired) electrons. The normalized spacial score (nSPS) is 17.3. The van der Waals surface area contributed by atoms with Gasteiger partial charge in [-0.25, -0.2) is 0 Å². The molecule has 1 atom stereocenters. The minimum absolute atomic E-state index is 0.411. The summed E-state index contributed by atoms with van der Waals surface area (Å²) in [7, 11) is 0. The molecule has 1 N–H and O–H groups in total. The van der Waals surface area contributed by atoms with E-state index in [2.05, 4.69) is 43.4 Å². The predicted octanol–water partition coefficient (Wildman–Crippen LogP) is 3.50. The summed E-state index contributed by atoms with van der Waals surface area (Å²) in [5, 5.41) is 12.7. The second-order valence-electron chi connectivity index (χ2n) is 6.08. The van der Waals surface area contributed by atoms with Crippen LogP contribution in [-0.2, 0) is 0 Å². The van der Waals surface area contributed by atoms with Crippen molar-refractivity contribution in [1.82, 2.24) is 5.32 Å². The summed E-state index contributed by atoms with van der Waals surface area (Å²) in [5.74, 6) is 0.957. The first-order valence-electron chi connectivity index (χ1n) is 7.41. The molecule has 1 saturated carbocycles. The predicted molar refractivity (Wildman–Crippen MR) is 80.8 cm³/mol. The number of nitrogens with one attached hydrogen (secondary N) is 1. The van der Waals surface area contributed by atoms with Crippen molar-refractivity contribution in [3.8, 4) is 11.8 Å². The Labute approximate surface area is 121 Å². The van der Waals surface area contributed by atoms with Gasteiger partial charge >= 0.3 is 0 Å². The Hall–Kier alpha value is -1.53. The third kappa shape index (κ3) is 4.25. The van der Waals surface area contributed by atoms with E-state index in [0.29, 0.717) is 12.6 Å². The van der Waals surface area contributed by atoms with Crippen LogP contribution in [0.25, 0.3) is 0 Å². The molecule has 3 nitrogen and oxygen atoms in total. The van der Waals surface area contributed by atoms with E-state index in [9.17, 15) is 5.26 Å². The number of aryl methyl sites for hydroxylation is 2. The zero-order chi connectivity index (χ0) is 14.6. The molecule has 1 aromatic carbocycles. The number of ether oxygens (including phenoxy) is 1. The lowest BCUT2D eigenvalue weighted by Crippen LogP contribution is -2.42. The molecule has 1 unspecified atom stereocenters. The Morgan fingerprint density at radius 3 is 2.80 bits per heavy atom. The fourth-order valence-electron chi connectivity index (χ4n) is 2.31. The maximum atomic E-state index is 9.31. The lowest BCUT2D eigenvalue weighted by molar-refractivity contribution is 0.283. The first-order valence-corrected chi connectivity index (χ1v) is 7.41. The highest BCUT2D eigenvalue weighted by Crippen LogP contribution is 2.25. The maximum absolute atomic E-state index is 9.31. The SMILES string of the molecule is Cc1ccc(C)c(OCCCC(C)(C#N)NC2CC2)c1. The fraction of sp³-hybridized carbons (Fsp3) is 0.588. The number of nitriles is 1. The molecule has 0 bridgehead atoms. The largest absolute Gasteiger partial charge is 0.493 e. The molecule has 0 saturated heterocycles. The zero-order valence-electron chi connectivity index (χ0n) is 12.7. The Morgan fingerprint density at radius 2 is 2.15 bits per heavy atom. The Balaban J connectivity index is 1.77. The van der Waals surface area contributed by atoms with E-state index in [4.69, 9.17) is 4.74 Å². The van der Waals surface area contributed by atoms with Crippen LogP contribution in [0.3, 0.4) is 0 Å². The molecule has 20 heavy (non-hydrogen) atoms. The van der Waals surface area contributed by atoms with Gasteiger partial charge in [-0.2, -0.15) is 5.26 Å². The van der Waals surface area contributed by atoms with Gasteiger partial charge in [0.1, 0.15) is 11.3 Å². The third-order valence-corrected chi connectivity index (χ3v) is 3.77. The van der Waals surface area contributed by atoms with Crippen LogP contribution in [0, 0.1) is 25.2 Å². The van der Waals surface area contributed by atoms with E-state index in [0.717, 1.165) is 24.2 Å². The van der Waals surface area contributed by atoms with Gasteiger partial charge in [0, 0.05) is 6.04 Å². The number of hydrogen-bond acceptors (Lipinski definition) is 3. The van der Waals surface area contributed by atoms with Crippen molar-refractivity contribution >= 4 is 0 Å². The smallest absolute Gasteiger partial charge is 0.122 e. The molecule has 0 aliphatic heterocycles. The Kier molecular flexibility index (Phi) is 4.67. The molecule has 0 amide bonds. The second kappa shape index (κ2) is 6.28. The Morgan fingerprint density at radius 1 is 1.40 bits per heavy atom. The Bertz CT molecular complexity index is 502. The van der Waals surface area contributed by atoms with E-state index in [-0.39, 0.29) is 0 Å².